The van der Waals surface area contributed by atoms with Gasteiger partial charge in [0.1, 0.15) is 7.11 Å². The van der Waals surface area contributed by atoms with Crippen molar-refractivity contribution >= 4 is 5.71 Å². The van der Waals surface area contributed by atoms with Crippen LogP contribution >= 0.6 is 0 Å². The Morgan fingerprint density at radius 3 is 2.40 bits per heavy atom. The van der Waals surface area contributed by atoms with E-state index in [1.807, 2.05) is 13.0 Å². The van der Waals surface area contributed by atoms with Crippen LogP contribution < -0.4 is 0 Å². The number of rotatable bonds is 4. The molecule has 1 aromatic rings. The Morgan fingerprint density at radius 2 is 1.87 bits per heavy atom. The molecule has 1 rings (SSSR count). The lowest BCUT2D eigenvalue weighted by molar-refractivity contribution is 0.208. The molecule has 0 aliphatic carbocycles. The summed E-state index contributed by atoms with van der Waals surface area (Å²) in [5, 5.41) is 4.01. The molecule has 0 bridgehead atoms. The van der Waals surface area contributed by atoms with Crippen LogP contribution in [-0.2, 0) is 11.3 Å². The summed E-state index contributed by atoms with van der Waals surface area (Å²) in [4.78, 5) is 4.82. The Balaban J connectivity index is 2.76. The molecule has 0 aromatic heterocycles. The third kappa shape index (κ3) is 3.39. The Hall–Kier alpha value is -1.31. The molecule has 0 unspecified atom stereocenters. The fourth-order valence-corrected chi connectivity index (χ4v) is 1.49. The summed E-state index contributed by atoms with van der Waals surface area (Å²) >= 11 is 0. The predicted octanol–water partition coefficient (Wildman–Crippen LogP) is 3.28. The first-order valence-corrected chi connectivity index (χ1v) is 5.18. The summed E-state index contributed by atoms with van der Waals surface area (Å²) < 4.78 is 0. The van der Waals surface area contributed by atoms with Gasteiger partial charge in [0.15, 0.2) is 0 Å². The van der Waals surface area contributed by atoms with Gasteiger partial charge in [-0.3, -0.25) is 0 Å². The number of oxime groups is 1. The van der Waals surface area contributed by atoms with Gasteiger partial charge in [0.05, 0.1) is 5.71 Å². The molecule has 0 saturated heterocycles. The van der Waals surface area contributed by atoms with Crippen LogP contribution in [0.4, 0.5) is 0 Å². The van der Waals surface area contributed by atoms with E-state index >= 15 is 0 Å². The third-order valence-electron chi connectivity index (χ3n) is 2.70. The van der Waals surface area contributed by atoms with Gasteiger partial charge in [0.25, 0.3) is 0 Å². The minimum atomic E-state index is 0.0391. The third-order valence-corrected chi connectivity index (χ3v) is 2.70. The fraction of sp³-hybridized carbons (Fsp3) is 0.462. The van der Waals surface area contributed by atoms with Crippen molar-refractivity contribution in [2.75, 3.05) is 7.11 Å². The van der Waals surface area contributed by atoms with E-state index in [9.17, 15) is 0 Å². The number of nitrogens with zero attached hydrogens (tertiary/aromatic N) is 1. The van der Waals surface area contributed by atoms with Crippen LogP contribution in [-0.4, -0.2) is 12.8 Å². The van der Waals surface area contributed by atoms with Crippen LogP contribution in [0.5, 0.6) is 0 Å². The highest BCUT2D eigenvalue weighted by Crippen LogP contribution is 2.23. The van der Waals surface area contributed by atoms with Gasteiger partial charge in [-0.25, -0.2) is 0 Å². The first-order chi connectivity index (χ1) is 7.06. The molecule has 0 radical (unpaired) electrons. The smallest absolute Gasteiger partial charge is 0.106 e. The molecule has 0 aliphatic rings. The first-order valence-electron chi connectivity index (χ1n) is 5.18. The summed E-state index contributed by atoms with van der Waals surface area (Å²) in [6.45, 7) is 6.36. The molecular formula is C13H19NO. The summed E-state index contributed by atoms with van der Waals surface area (Å²) in [5.41, 5.74) is 2.39. The Bertz CT molecular complexity index is 328. The van der Waals surface area contributed by atoms with Gasteiger partial charge < -0.3 is 4.84 Å². The van der Waals surface area contributed by atoms with Crippen LogP contribution in [0, 0.1) is 5.41 Å². The molecule has 0 amide bonds. The lowest BCUT2D eigenvalue weighted by Crippen LogP contribution is -2.24. The first kappa shape index (κ1) is 11.8. The van der Waals surface area contributed by atoms with Crippen molar-refractivity contribution in [2.45, 2.75) is 27.2 Å². The van der Waals surface area contributed by atoms with Crippen molar-refractivity contribution in [2.24, 2.45) is 10.6 Å². The monoisotopic (exact) mass is 205 g/mol. The zero-order chi connectivity index (χ0) is 11.3. The SMILES string of the molecule is CO/N=C(\C)C(C)(C)Cc1ccccc1. The van der Waals surface area contributed by atoms with Gasteiger partial charge in [-0.1, -0.05) is 49.3 Å². The topological polar surface area (TPSA) is 21.6 Å². The molecule has 2 nitrogen and oxygen atoms in total. The van der Waals surface area contributed by atoms with Crippen LogP contribution in [0.15, 0.2) is 35.5 Å². The molecule has 0 aliphatic heterocycles. The highest BCUT2D eigenvalue weighted by Gasteiger charge is 2.22. The molecule has 0 spiro atoms. The van der Waals surface area contributed by atoms with E-state index in [-0.39, 0.29) is 5.41 Å². The van der Waals surface area contributed by atoms with E-state index < -0.39 is 0 Å². The quantitative estimate of drug-likeness (QED) is 0.546. The van der Waals surface area contributed by atoms with Crippen LogP contribution in [0.2, 0.25) is 0 Å². The lowest BCUT2D eigenvalue weighted by atomic mass is 9.82. The van der Waals surface area contributed by atoms with Crippen molar-refractivity contribution in [3.63, 3.8) is 0 Å². The van der Waals surface area contributed by atoms with Crippen LogP contribution in [0.1, 0.15) is 26.3 Å². The number of hydrogen-bond donors (Lipinski definition) is 0. The van der Waals surface area contributed by atoms with Gasteiger partial charge in [-0.2, -0.15) is 0 Å². The summed E-state index contributed by atoms with van der Waals surface area (Å²) in [7, 11) is 1.59. The van der Waals surface area contributed by atoms with Gasteiger partial charge in [-0.05, 0) is 18.9 Å². The molecule has 0 saturated carbocycles. The zero-order valence-corrected chi connectivity index (χ0v) is 9.95. The minimum absolute atomic E-state index is 0.0391. The van der Waals surface area contributed by atoms with Gasteiger partial charge >= 0.3 is 0 Å². The molecule has 1 aromatic carbocycles. The van der Waals surface area contributed by atoms with E-state index in [1.54, 1.807) is 7.11 Å². The Kier molecular flexibility index (Phi) is 3.89. The highest BCUT2D eigenvalue weighted by atomic mass is 16.6. The van der Waals surface area contributed by atoms with Gasteiger partial charge in [-0.15, -0.1) is 0 Å². The van der Waals surface area contributed by atoms with Crippen molar-refractivity contribution < 1.29 is 4.84 Å². The maximum absolute atomic E-state index is 4.82. The molecule has 0 fully saturated rings. The second-order valence-electron chi connectivity index (χ2n) is 4.41. The average molecular weight is 205 g/mol. The zero-order valence-electron chi connectivity index (χ0n) is 9.95. The fourth-order valence-electron chi connectivity index (χ4n) is 1.49. The van der Waals surface area contributed by atoms with E-state index in [1.165, 1.54) is 5.56 Å². The summed E-state index contributed by atoms with van der Waals surface area (Å²) in [6.07, 6.45) is 0.979. The average Bonchev–Trinajstić information content (AvgIpc) is 2.19. The molecule has 15 heavy (non-hydrogen) atoms. The maximum Gasteiger partial charge on any atom is 0.106 e. The standard InChI is InChI=1S/C13H19NO/c1-11(14-15-4)13(2,3)10-12-8-6-5-7-9-12/h5-9H,10H2,1-4H3/b14-11+. The molecule has 82 valence electrons. The van der Waals surface area contributed by atoms with Crippen molar-refractivity contribution in [1.82, 2.24) is 0 Å². The normalized spacial score (nSPS) is 12.7. The second-order valence-corrected chi connectivity index (χ2v) is 4.41. The van der Waals surface area contributed by atoms with E-state index in [2.05, 4.69) is 43.3 Å². The highest BCUT2D eigenvalue weighted by molar-refractivity contribution is 5.87. The predicted molar refractivity (Wildman–Crippen MR) is 64.0 cm³/mol. The minimum Gasteiger partial charge on any atom is -0.399 e. The summed E-state index contributed by atoms with van der Waals surface area (Å²) in [5.74, 6) is 0. The van der Waals surface area contributed by atoms with Crippen molar-refractivity contribution in [1.29, 1.82) is 0 Å². The maximum atomic E-state index is 4.82. The second kappa shape index (κ2) is 4.96. The lowest BCUT2D eigenvalue weighted by Gasteiger charge is -2.23. The van der Waals surface area contributed by atoms with Crippen molar-refractivity contribution in [3.8, 4) is 0 Å². The Morgan fingerprint density at radius 1 is 1.27 bits per heavy atom. The summed E-state index contributed by atoms with van der Waals surface area (Å²) in [6, 6.07) is 10.4. The number of hydrogen-bond acceptors (Lipinski definition) is 2. The molecule has 0 N–H and O–H groups in total. The van der Waals surface area contributed by atoms with E-state index in [4.69, 9.17) is 4.84 Å². The molecule has 0 heterocycles. The molecule has 0 atom stereocenters. The van der Waals surface area contributed by atoms with Crippen LogP contribution in [0.3, 0.4) is 0 Å². The molecule has 2 heteroatoms. The van der Waals surface area contributed by atoms with E-state index in [0.717, 1.165) is 12.1 Å². The van der Waals surface area contributed by atoms with Crippen molar-refractivity contribution in [3.05, 3.63) is 35.9 Å². The van der Waals surface area contributed by atoms with Crippen LogP contribution in [0.25, 0.3) is 0 Å². The largest absolute Gasteiger partial charge is 0.399 e. The molecular weight excluding hydrogens is 186 g/mol. The number of benzene rings is 1. The Labute approximate surface area is 91.9 Å². The van der Waals surface area contributed by atoms with Gasteiger partial charge in [0, 0.05) is 5.41 Å². The van der Waals surface area contributed by atoms with E-state index in [0.29, 0.717) is 0 Å². The van der Waals surface area contributed by atoms with Gasteiger partial charge in [0.2, 0.25) is 0 Å².